The van der Waals surface area contributed by atoms with Crippen molar-refractivity contribution >= 4 is 10.4 Å². The predicted molar refractivity (Wildman–Crippen MR) is 34.4 cm³/mol. The molecule has 0 atom stereocenters. The summed E-state index contributed by atoms with van der Waals surface area (Å²) in [5.41, 5.74) is 0. The van der Waals surface area contributed by atoms with Gasteiger partial charge in [0, 0.05) is 0 Å². The van der Waals surface area contributed by atoms with Crippen LogP contribution in [-0.4, -0.2) is 17.5 Å². The topological polar surface area (TPSA) is 74.6 Å². The number of rotatable bonds is 0. The largest absolute Gasteiger partial charge is 1.00 e. The molecule has 0 aromatic heterocycles. The Morgan fingerprint density at radius 1 is 1.30 bits per heavy atom. The first-order chi connectivity index (χ1) is 3.73. The monoisotopic (exact) mass is 178 g/mol. The van der Waals surface area contributed by atoms with Gasteiger partial charge in [0.15, 0.2) is 0 Å². The Balaban J connectivity index is -0.0000000910. The van der Waals surface area contributed by atoms with Crippen LogP contribution in [0.2, 0.25) is 0 Å². The molecule has 0 heterocycles. The minimum absolute atomic E-state index is 0. The first-order valence-corrected chi connectivity index (χ1v) is 3.66. The Bertz CT molecular complexity index is 129. The molecule has 0 saturated carbocycles. The molecule has 2 N–H and O–H groups in total. The van der Waals surface area contributed by atoms with E-state index in [1.807, 2.05) is 0 Å². The van der Waals surface area contributed by atoms with Gasteiger partial charge in [-0.3, -0.25) is 9.11 Å². The molecule has 58 valence electrons. The van der Waals surface area contributed by atoms with Gasteiger partial charge in [0.2, 0.25) is 0 Å². The fraction of sp³-hybridized carbons (Fsp3) is 0.750. The van der Waals surface area contributed by atoms with E-state index in [1.165, 1.54) is 0 Å². The summed E-state index contributed by atoms with van der Waals surface area (Å²) in [5.74, 6) is 0.583. The second-order valence-corrected chi connectivity index (χ2v) is 2.74. The summed E-state index contributed by atoms with van der Waals surface area (Å²) >= 11 is 0. The molecule has 0 amide bonds. The molecule has 0 rings (SSSR count). The Hall–Kier alpha value is 0.870. The first kappa shape index (κ1) is 17.1. The molecule has 0 aromatic rings. The Morgan fingerprint density at radius 3 is 1.30 bits per heavy atom. The van der Waals surface area contributed by atoms with Crippen LogP contribution < -0.4 is 29.6 Å². The minimum atomic E-state index is -4.67. The Labute approximate surface area is 83.9 Å². The average molecular weight is 178 g/mol. The fourth-order valence-corrected chi connectivity index (χ4v) is 0. The molecule has 0 spiro atoms. The van der Waals surface area contributed by atoms with E-state index >= 15 is 0 Å². The van der Waals surface area contributed by atoms with Crippen molar-refractivity contribution in [1.29, 1.82) is 0 Å². The molecule has 0 aromatic carbocycles. The van der Waals surface area contributed by atoms with Gasteiger partial charge in [-0.25, -0.2) is 0 Å². The smallest absolute Gasteiger partial charge is 0.341 e. The second kappa shape index (κ2) is 7.97. The number of hydrogen-bond acceptors (Lipinski definition) is 2. The van der Waals surface area contributed by atoms with E-state index in [1.54, 1.807) is 0 Å². The van der Waals surface area contributed by atoms with Crippen molar-refractivity contribution in [2.24, 2.45) is 5.92 Å². The third-order valence-electron chi connectivity index (χ3n) is 0. The second-order valence-electron chi connectivity index (χ2n) is 1.84. The van der Waals surface area contributed by atoms with E-state index < -0.39 is 10.4 Å². The SMILES string of the molecule is O=S(=O)(O)O.[CH2-]C(C)C.[Na+]. The van der Waals surface area contributed by atoms with E-state index in [9.17, 15) is 0 Å². The summed E-state index contributed by atoms with van der Waals surface area (Å²) in [6.45, 7) is 7.75. The van der Waals surface area contributed by atoms with E-state index in [0.29, 0.717) is 5.92 Å². The van der Waals surface area contributed by atoms with Gasteiger partial charge in [-0.2, -0.15) is 14.3 Å². The Kier molecular flexibility index (Phi) is 13.6. The molecule has 0 aliphatic heterocycles. The van der Waals surface area contributed by atoms with Crippen molar-refractivity contribution in [3.05, 3.63) is 6.92 Å². The van der Waals surface area contributed by atoms with Crippen molar-refractivity contribution in [2.75, 3.05) is 0 Å². The molecule has 0 saturated heterocycles. The molecule has 0 aliphatic carbocycles. The number of hydrogen-bond donors (Lipinski definition) is 2. The van der Waals surface area contributed by atoms with Gasteiger partial charge in [0.1, 0.15) is 0 Å². The van der Waals surface area contributed by atoms with Gasteiger partial charge in [-0.05, 0) is 0 Å². The van der Waals surface area contributed by atoms with Crippen LogP contribution >= 0.6 is 0 Å². The van der Waals surface area contributed by atoms with Crippen molar-refractivity contribution < 1.29 is 47.1 Å². The molecule has 4 nitrogen and oxygen atoms in total. The average Bonchev–Trinajstić information content (AvgIpc) is 1.19. The van der Waals surface area contributed by atoms with E-state index in [2.05, 4.69) is 20.8 Å². The van der Waals surface area contributed by atoms with Gasteiger partial charge in [-0.15, -0.1) is 0 Å². The fourth-order valence-electron chi connectivity index (χ4n) is 0. The van der Waals surface area contributed by atoms with Crippen molar-refractivity contribution in [2.45, 2.75) is 13.8 Å². The summed E-state index contributed by atoms with van der Waals surface area (Å²) in [6, 6.07) is 0. The molecular formula is C4H11NaO4S. The van der Waals surface area contributed by atoms with Crippen LogP contribution in [0, 0.1) is 12.8 Å². The summed E-state index contributed by atoms with van der Waals surface area (Å²) in [4.78, 5) is 0. The molecule has 0 radical (unpaired) electrons. The zero-order valence-corrected chi connectivity index (χ0v) is 9.22. The van der Waals surface area contributed by atoms with Crippen molar-refractivity contribution in [3.8, 4) is 0 Å². The van der Waals surface area contributed by atoms with E-state index in [0.717, 1.165) is 0 Å². The third kappa shape index (κ3) is 726. The predicted octanol–water partition coefficient (Wildman–Crippen LogP) is -2.17. The van der Waals surface area contributed by atoms with E-state index in [4.69, 9.17) is 17.5 Å². The van der Waals surface area contributed by atoms with Crippen LogP contribution in [0.4, 0.5) is 0 Å². The normalized spacial score (nSPS) is 9.40. The van der Waals surface area contributed by atoms with Crippen LogP contribution in [0.1, 0.15) is 13.8 Å². The summed E-state index contributed by atoms with van der Waals surface area (Å²) in [6.07, 6.45) is 0. The van der Waals surface area contributed by atoms with Crippen LogP contribution in [0.3, 0.4) is 0 Å². The Morgan fingerprint density at radius 2 is 1.30 bits per heavy atom. The molecule has 0 unspecified atom stereocenters. The van der Waals surface area contributed by atoms with Crippen LogP contribution in [-0.2, 0) is 10.4 Å². The maximum Gasteiger partial charge on any atom is 1.00 e. The van der Waals surface area contributed by atoms with Gasteiger partial charge < -0.3 is 6.92 Å². The van der Waals surface area contributed by atoms with Crippen LogP contribution in [0.25, 0.3) is 0 Å². The quantitative estimate of drug-likeness (QED) is 0.251. The zero-order chi connectivity index (χ0) is 8.08. The standard InChI is InChI=1S/C4H9.Na.H2O4S/c1-4(2)3;;1-5(2,3)4/h4H,1H2,2-3H3;;(H2,1,2,3,4)/q-1;+1;. The molecule has 0 bridgehead atoms. The maximum absolute atomic E-state index is 8.74. The van der Waals surface area contributed by atoms with E-state index in [-0.39, 0.29) is 29.6 Å². The molecule has 0 fully saturated rings. The van der Waals surface area contributed by atoms with Crippen LogP contribution in [0.5, 0.6) is 0 Å². The van der Waals surface area contributed by atoms with Gasteiger partial charge in [0.25, 0.3) is 0 Å². The summed E-state index contributed by atoms with van der Waals surface area (Å²) < 4.78 is 31.6. The van der Waals surface area contributed by atoms with Crippen molar-refractivity contribution in [1.82, 2.24) is 0 Å². The van der Waals surface area contributed by atoms with Crippen molar-refractivity contribution in [3.63, 3.8) is 0 Å². The minimum Gasteiger partial charge on any atom is -0.341 e. The third-order valence-corrected chi connectivity index (χ3v) is 0. The summed E-state index contributed by atoms with van der Waals surface area (Å²) in [5, 5.41) is 0. The molecule has 0 aliphatic rings. The first-order valence-electron chi connectivity index (χ1n) is 2.26. The molecular weight excluding hydrogens is 167 g/mol. The summed E-state index contributed by atoms with van der Waals surface area (Å²) in [7, 11) is -4.67. The maximum atomic E-state index is 8.74. The van der Waals surface area contributed by atoms with Gasteiger partial charge in [-0.1, -0.05) is 13.8 Å². The molecule has 10 heavy (non-hydrogen) atoms. The zero-order valence-electron chi connectivity index (χ0n) is 6.40. The van der Waals surface area contributed by atoms with Gasteiger partial charge in [0.05, 0.1) is 0 Å². The van der Waals surface area contributed by atoms with Crippen LogP contribution in [0.15, 0.2) is 0 Å². The molecule has 6 heteroatoms. The van der Waals surface area contributed by atoms with Gasteiger partial charge >= 0.3 is 40.0 Å².